The normalized spacial score (nSPS) is 24.4. The lowest BCUT2D eigenvalue weighted by atomic mass is 9.92. The molecule has 1 heterocycles. The Bertz CT molecular complexity index is 343. The molecule has 1 saturated heterocycles. The molecule has 0 aromatic carbocycles. The van der Waals surface area contributed by atoms with Gasteiger partial charge >= 0.3 is 0 Å². The van der Waals surface area contributed by atoms with Crippen LogP contribution in [0.3, 0.4) is 0 Å². The first-order chi connectivity index (χ1) is 8.30. The van der Waals surface area contributed by atoms with Crippen LogP contribution in [0.5, 0.6) is 0 Å². The zero-order chi connectivity index (χ0) is 13.8. The average molecular weight is 340 g/mol. The molecule has 1 fully saturated rings. The van der Waals surface area contributed by atoms with Crippen molar-refractivity contribution in [2.75, 3.05) is 19.3 Å². The van der Waals surface area contributed by atoms with Crippen molar-refractivity contribution in [2.24, 2.45) is 11.8 Å². The molecule has 2 unspecified atom stereocenters. The highest BCUT2D eigenvalue weighted by Crippen LogP contribution is 2.25. The molecule has 0 bridgehead atoms. The summed E-state index contributed by atoms with van der Waals surface area (Å²) < 4.78 is 24.7. The Morgan fingerprint density at radius 3 is 2.61 bits per heavy atom. The van der Waals surface area contributed by atoms with Crippen molar-refractivity contribution in [1.29, 1.82) is 0 Å². The second kappa shape index (κ2) is 7.25. The summed E-state index contributed by atoms with van der Waals surface area (Å²) in [6.07, 6.45) is 7.05. The minimum Gasteiger partial charge on any atom is -0.213 e. The second-order valence-electron chi connectivity index (χ2n) is 5.82. The van der Waals surface area contributed by atoms with E-state index < -0.39 is 10.0 Å². The van der Waals surface area contributed by atoms with Gasteiger partial charge in [0.15, 0.2) is 0 Å². The lowest BCUT2D eigenvalue weighted by Gasteiger charge is -2.31. The zero-order valence-corrected chi connectivity index (χ0v) is 14.1. The van der Waals surface area contributed by atoms with Crippen LogP contribution < -0.4 is 0 Å². The molecule has 0 N–H and O–H groups in total. The van der Waals surface area contributed by atoms with E-state index in [1.54, 1.807) is 4.31 Å². The molecule has 3 nitrogen and oxygen atoms in total. The maximum Gasteiger partial charge on any atom is 0.211 e. The first kappa shape index (κ1) is 16.4. The largest absolute Gasteiger partial charge is 0.213 e. The molecule has 5 heteroatoms. The van der Waals surface area contributed by atoms with Crippen LogP contribution >= 0.6 is 15.9 Å². The van der Waals surface area contributed by atoms with Gasteiger partial charge in [0.1, 0.15) is 0 Å². The summed E-state index contributed by atoms with van der Waals surface area (Å²) in [4.78, 5) is 0.590. The standard InChI is InChI=1S/C13H26BrNO2S/c1-11(2)13(14)8-4-6-12-7-5-9-15(10-12)18(3,16)17/h11-13H,4-10H2,1-3H3. The molecule has 2 atom stereocenters. The quantitative estimate of drug-likeness (QED) is 0.696. The van der Waals surface area contributed by atoms with E-state index in [0.29, 0.717) is 23.2 Å². The minimum atomic E-state index is -2.99. The van der Waals surface area contributed by atoms with Crippen molar-refractivity contribution in [2.45, 2.75) is 50.8 Å². The maximum absolute atomic E-state index is 11.5. The fourth-order valence-electron chi connectivity index (χ4n) is 2.50. The molecule has 108 valence electrons. The Morgan fingerprint density at radius 1 is 1.39 bits per heavy atom. The molecule has 0 radical (unpaired) electrons. The van der Waals surface area contributed by atoms with Crippen LogP contribution in [0.4, 0.5) is 0 Å². The van der Waals surface area contributed by atoms with Crippen molar-refractivity contribution in [3.05, 3.63) is 0 Å². The van der Waals surface area contributed by atoms with E-state index in [0.717, 1.165) is 19.4 Å². The Morgan fingerprint density at radius 2 is 2.06 bits per heavy atom. The van der Waals surface area contributed by atoms with Crippen LogP contribution in [0.25, 0.3) is 0 Å². The first-order valence-electron chi connectivity index (χ1n) is 6.90. The molecule has 0 aliphatic carbocycles. The van der Waals surface area contributed by atoms with Gasteiger partial charge in [0.2, 0.25) is 10.0 Å². The van der Waals surface area contributed by atoms with E-state index in [2.05, 4.69) is 29.8 Å². The number of nitrogens with zero attached hydrogens (tertiary/aromatic N) is 1. The minimum absolute atomic E-state index is 0.556. The van der Waals surface area contributed by atoms with Gasteiger partial charge in [-0.3, -0.25) is 0 Å². The molecule has 0 aromatic rings. The van der Waals surface area contributed by atoms with Crippen molar-refractivity contribution >= 4 is 26.0 Å². The van der Waals surface area contributed by atoms with E-state index in [9.17, 15) is 8.42 Å². The lowest BCUT2D eigenvalue weighted by molar-refractivity contribution is 0.252. The van der Waals surface area contributed by atoms with Gasteiger partial charge in [-0.25, -0.2) is 12.7 Å². The van der Waals surface area contributed by atoms with Crippen molar-refractivity contribution in [1.82, 2.24) is 4.31 Å². The summed E-state index contributed by atoms with van der Waals surface area (Å²) in [5.74, 6) is 1.23. The number of hydrogen-bond donors (Lipinski definition) is 0. The second-order valence-corrected chi connectivity index (χ2v) is 8.98. The number of halogens is 1. The van der Waals surface area contributed by atoms with Gasteiger partial charge in [0.05, 0.1) is 6.26 Å². The number of piperidine rings is 1. The maximum atomic E-state index is 11.5. The lowest BCUT2D eigenvalue weighted by Crippen LogP contribution is -2.39. The molecule has 0 aromatic heterocycles. The number of sulfonamides is 1. The van der Waals surface area contributed by atoms with Gasteiger partial charge in [-0.1, -0.05) is 36.2 Å². The van der Waals surface area contributed by atoms with Gasteiger partial charge < -0.3 is 0 Å². The molecular weight excluding hydrogens is 314 g/mol. The van der Waals surface area contributed by atoms with E-state index in [1.165, 1.54) is 25.5 Å². The SMILES string of the molecule is CC(C)C(Br)CCCC1CCCN(S(C)(=O)=O)C1. The topological polar surface area (TPSA) is 37.4 Å². The number of rotatable bonds is 6. The molecule has 0 spiro atoms. The Kier molecular flexibility index (Phi) is 6.62. The molecule has 18 heavy (non-hydrogen) atoms. The van der Waals surface area contributed by atoms with Gasteiger partial charge in [-0.05, 0) is 37.5 Å². The fourth-order valence-corrected chi connectivity index (χ4v) is 3.76. The molecular formula is C13H26BrNO2S. The Balaban J connectivity index is 2.31. The monoisotopic (exact) mass is 339 g/mol. The van der Waals surface area contributed by atoms with Crippen LogP contribution in [0.1, 0.15) is 46.0 Å². The van der Waals surface area contributed by atoms with E-state index in [4.69, 9.17) is 0 Å². The van der Waals surface area contributed by atoms with E-state index in [-0.39, 0.29) is 0 Å². The molecule has 1 aliphatic heterocycles. The highest BCUT2D eigenvalue weighted by atomic mass is 79.9. The average Bonchev–Trinajstić information content (AvgIpc) is 2.28. The van der Waals surface area contributed by atoms with Crippen LogP contribution in [-0.2, 0) is 10.0 Å². The van der Waals surface area contributed by atoms with Gasteiger partial charge in [0.25, 0.3) is 0 Å². The predicted molar refractivity (Wildman–Crippen MR) is 80.5 cm³/mol. The summed E-state index contributed by atoms with van der Waals surface area (Å²) in [7, 11) is -2.99. The third-order valence-corrected chi connectivity index (χ3v) is 6.55. The van der Waals surface area contributed by atoms with Gasteiger partial charge in [-0.15, -0.1) is 0 Å². The van der Waals surface area contributed by atoms with E-state index >= 15 is 0 Å². The van der Waals surface area contributed by atoms with Crippen molar-refractivity contribution < 1.29 is 8.42 Å². The zero-order valence-electron chi connectivity index (χ0n) is 11.7. The fraction of sp³-hybridized carbons (Fsp3) is 1.00. The van der Waals surface area contributed by atoms with Crippen molar-refractivity contribution in [3.8, 4) is 0 Å². The smallest absolute Gasteiger partial charge is 0.211 e. The first-order valence-corrected chi connectivity index (χ1v) is 9.66. The Hall–Kier alpha value is 0.390. The van der Waals surface area contributed by atoms with Crippen LogP contribution in [0.15, 0.2) is 0 Å². The predicted octanol–water partition coefficient (Wildman–Crippen LogP) is 3.25. The van der Waals surface area contributed by atoms with Crippen molar-refractivity contribution in [3.63, 3.8) is 0 Å². The third-order valence-electron chi connectivity index (χ3n) is 3.77. The summed E-state index contributed by atoms with van der Waals surface area (Å²) in [6, 6.07) is 0. The van der Waals surface area contributed by atoms with Crippen LogP contribution in [0.2, 0.25) is 0 Å². The molecule has 1 rings (SSSR count). The summed E-state index contributed by atoms with van der Waals surface area (Å²) in [6.45, 7) is 5.90. The molecule has 0 saturated carbocycles. The summed E-state index contributed by atoms with van der Waals surface area (Å²) in [5.41, 5.74) is 0. The third kappa shape index (κ3) is 5.57. The number of alkyl halides is 1. The molecule has 0 amide bonds. The van der Waals surface area contributed by atoms with Crippen LogP contribution in [0, 0.1) is 11.8 Å². The van der Waals surface area contributed by atoms with Gasteiger partial charge in [-0.2, -0.15) is 0 Å². The molecule has 1 aliphatic rings. The number of hydrogen-bond acceptors (Lipinski definition) is 2. The summed E-state index contributed by atoms with van der Waals surface area (Å²) >= 11 is 3.70. The highest BCUT2D eigenvalue weighted by molar-refractivity contribution is 9.09. The van der Waals surface area contributed by atoms with E-state index in [1.807, 2.05) is 0 Å². The highest BCUT2D eigenvalue weighted by Gasteiger charge is 2.25. The van der Waals surface area contributed by atoms with Gasteiger partial charge in [0, 0.05) is 17.9 Å². The Labute approximate surface area is 121 Å². The summed E-state index contributed by atoms with van der Waals surface area (Å²) in [5, 5.41) is 0. The van der Waals surface area contributed by atoms with Crippen LogP contribution in [-0.4, -0.2) is 36.9 Å².